The van der Waals surface area contributed by atoms with Crippen molar-refractivity contribution >= 4 is 54.4 Å². The number of aromatic amines is 2. The lowest BCUT2D eigenvalue weighted by atomic mass is 10.0. The zero-order valence-electron chi connectivity index (χ0n) is 14.8. The van der Waals surface area contributed by atoms with E-state index in [4.69, 9.17) is 0 Å². The molecular formula is C24H18N2. The highest BCUT2D eigenvalue weighted by Crippen LogP contribution is 2.35. The molecule has 0 aliphatic carbocycles. The van der Waals surface area contributed by atoms with Gasteiger partial charge < -0.3 is 9.97 Å². The van der Waals surface area contributed by atoms with E-state index in [2.05, 4.69) is 84.5 Å². The van der Waals surface area contributed by atoms with Gasteiger partial charge in [0, 0.05) is 43.6 Å². The third-order valence-corrected chi connectivity index (χ3v) is 5.58. The molecule has 26 heavy (non-hydrogen) atoms. The number of rotatable bonds is 0. The van der Waals surface area contributed by atoms with Crippen LogP contribution in [0.5, 0.6) is 0 Å². The second-order valence-electron chi connectivity index (χ2n) is 7.49. The fourth-order valence-electron chi connectivity index (χ4n) is 4.28. The van der Waals surface area contributed by atoms with Crippen LogP contribution in [0.4, 0.5) is 0 Å². The van der Waals surface area contributed by atoms with E-state index in [-0.39, 0.29) is 0 Å². The van der Waals surface area contributed by atoms with Crippen LogP contribution in [0.3, 0.4) is 0 Å². The number of benzene rings is 4. The average molecular weight is 334 g/mol. The molecule has 0 saturated heterocycles. The maximum absolute atomic E-state index is 3.63. The van der Waals surface area contributed by atoms with Crippen molar-refractivity contribution in [3.63, 3.8) is 0 Å². The number of aromatic nitrogens is 2. The van der Waals surface area contributed by atoms with Crippen molar-refractivity contribution in [1.29, 1.82) is 0 Å². The summed E-state index contributed by atoms with van der Waals surface area (Å²) in [5.74, 6) is 0. The number of fused-ring (bicyclic) bond motifs is 7. The van der Waals surface area contributed by atoms with Gasteiger partial charge in [0.15, 0.2) is 0 Å². The minimum absolute atomic E-state index is 1.20. The van der Waals surface area contributed by atoms with E-state index in [0.717, 1.165) is 0 Å². The zero-order valence-corrected chi connectivity index (χ0v) is 14.8. The van der Waals surface area contributed by atoms with E-state index in [0.29, 0.717) is 0 Å². The van der Waals surface area contributed by atoms with Gasteiger partial charge in [0.1, 0.15) is 0 Å². The van der Waals surface area contributed by atoms with E-state index >= 15 is 0 Å². The first-order chi connectivity index (χ1) is 12.7. The van der Waals surface area contributed by atoms with Gasteiger partial charge in [-0.05, 0) is 60.5 Å². The second kappa shape index (κ2) is 4.67. The Balaban J connectivity index is 1.75. The summed E-state index contributed by atoms with van der Waals surface area (Å²) in [6.07, 6.45) is 0. The summed E-state index contributed by atoms with van der Waals surface area (Å²) >= 11 is 0. The summed E-state index contributed by atoms with van der Waals surface area (Å²) in [6.45, 7) is 4.28. The Kier molecular flexibility index (Phi) is 2.51. The van der Waals surface area contributed by atoms with Gasteiger partial charge in [-0.1, -0.05) is 35.9 Å². The number of hydrogen-bond acceptors (Lipinski definition) is 0. The Morgan fingerprint density at radius 2 is 1.04 bits per heavy atom. The molecule has 0 spiro atoms. The van der Waals surface area contributed by atoms with Crippen LogP contribution in [0, 0.1) is 13.8 Å². The van der Waals surface area contributed by atoms with Crippen molar-refractivity contribution in [1.82, 2.24) is 9.97 Å². The Morgan fingerprint density at radius 3 is 1.85 bits per heavy atom. The smallest absolute Gasteiger partial charge is 0.0472 e. The predicted molar refractivity (Wildman–Crippen MR) is 112 cm³/mol. The van der Waals surface area contributed by atoms with Crippen LogP contribution < -0.4 is 0 Å². The highest BCUT2D eigenvalue weighted by molar-refractivity contribution is 6.18. The standard InChI is InChI=1S/C24H18N2/c1-13-3-5-15-9-18-20-12-23-19(17-6-4-14(2)8-21(17)25-23)11-24(20)26-22(18)10-16(15)7-13/h3-12,25-26H,1-2H3. The van der Waals surface area contributed by atoms with Gasteiger partial charge in [-0.25, -0.2) is 0 Å². The summed E-state index contributed by atoms with van der Waals surface area (Å²) in [4.78, 5) is 7.23. The maximum Gasteiger partial charge on any atom is 0.0472 e. The lowest BCUT2D eigenvalue weighted by Gasteiger charge is -2.00. The first-order valence-electron chi connectivity index (χ1n) is 9.04. The van der Waals surface area contributed by atoms with E-state index < -0.39 is 0 Å². The average Bonchev–Trinajstić information content (AvgIpc) is 3.14. The molecule has 0 aliphatic rings. The largest absolute Gasteiger partial charge is 0.354 e. The predicted octanol–water partition coefficient (Wildman–Crippen LogP) is 6.73. The third kappa shape index (κ3) is 1.81. The van der Waals surface area contributed by atoms with Crippen molar-refractivity contribution in [2.45, 2.75) is 13.8 Å². The molecule has 0 amide bonds. The monoisotopic (exact) mass is 334 g/mol. The molecule has 2 heterocycles. The van der Waals surface area contributed by atoms with Gasteiger partial charge in [0.25, 0.3) is 0 Å². The molecule has 2 aromatic heterocycles. The van der Waals surface area contributed by atoms with Crippen LogP contribution in [-0.2, 0) is 0 Å². The van der Waals surface area contributed by atoms with E-state index in [1.165, 1.54) is 65.5 Å². The first kappa shape index (κ1) is 14.0. The molecule has 0 radical (unpaired) electrons. The van der Waals surface area contributed by atoms with Crippen molar-refractivity contribution in [3.05, 3.63) is 71.8 Å². The minimum Gasteiger partial charge on any atom is -0.354 e. The zero-order chi connectivity index (χ0) is 17.4. The highest BCUT2D eigenvalue weighted by Gasteiger charge is 2.11. The molecule has 0 bridgehead atoms. The molecule has 0 fully saturated rings. The van der Waals surface area contributed by atoms with Gasteiger partial charge in [0.2, 0.25) is 0 Å². The molecular weight excluding hydrogens is 316 g/mol. The summed E-state index contributed by atoms with van der Waals surface area (Å²) < 4.78 is 0. The quantitative estimate of drug-likeness (QED) is 0.309. The molecule has 6 rings (SSSR count). The van der Waals surface area contributed by atoms with E-state index in [1.807, 2.05) is 0 Å². The summed E-state index contributed by atoms with van der Waals surface area (Å²) in [6, 6.07) is 22.4. The van der Waals surface area contributed by atoms with Crippen molar-refractivity contribution < 1.29 is 0 Å². The molecule has 4 aromatic carbocycles. The number of hydrogen-bond donors (Lipinski definition) is 2. The fourth-order valence-corrected chi connectivity index (χ4v) is 4.28. The Hall–Kier alpha value is -3.26. The molecule has 0 atom stereocenters. The molecule has 6 aromatic rings. The Labute approximate surface area is 150 Å². The number of aryl methyl sites for hydroxylation is 2. The summed E-state index contributed by atoms with van der Waals surface area (Å²) in [5, 5.41) is 7.70. The molecule has 2 heteroatoms. The molecule has 2 nitrogen and oxygen atoms in total. The molecule has 0 aliphatic heterocycles. The topological polar surface area (TPSA) is 31.6 Å². The van der Waals surface area contributed by atoms with Crippen molar-refractivity contribution in [2.24, 2.45) is 0 Å². The van der Waals surface area contributed by atoms with E-state index in [9.17, 15) is 0 Å². The summed E-state index contributed by atoms with van der Waals surface area (Å²) in [5.41, 5.74) is 7.37. The maximum atomic E-state index is 3.63. The van der Waals surface area contributed by atoms with Crippen LogP contribution in [0.2, 0.25) is 0 Å². The van der Waals surface area contributed by atoms with Crippen LogP contribution in [0.15, 0.2) is 60.7 Å². The van der Waals surface area contributed by atoms with Crippen LogP contribution in [-0.4, -0.2) is 9.97 Å². The number of H-pyrrole nitrogens is 2. The third-order valence-electron chi connectivity index (χ3n) is 5.58. The van der Waals surface area contributed by atoms with Gasteiger partial charge >= 0.3 is 0 Å². The molecule has 0 saturated carbocycles. The minimum atomic E-state index is 1.20. The van der Waals surface area contributed by atoms with Crippen LogP contribution in [0.1, 0.15) is 11.1 Å². The normalized spacial score (nSPS) is 12.2. The lowest BCUT2D eigenvalue weighted by Crippen LogP contribution is -1.76. The van der Waals surface area contributed by atoms with Crippen molar-refractivity contribution in [2.75, 3.05) is 0 Å². The van der Waals surface area contributed by atoms with Crippen LogP contribution >= 0.6 is 0 Å². The van der Waals surface area contributed by atoms with E-state index in [1.54, 1.807) is 0 Å². The molecule has 124 valence electrons. The van der Waals surface area contributed by atoms with Gasteiger partial charge in [-0.2, -0.15) is 0 Å². The Bertz CT molecular complexity index is 1490. The van der Waals surface area contributed by atoms with Gasteiger partial charge in [-0.15, -0.1) is 0 Å². The lowest BCUT2D eigenvalue weighted by molar-refractivity contribution is 1.47. The first-order valence-corrected chi connectivity index (χ1v) is 9.04. The Morgan fingerprint density at radius 1 is 0.462 bits per heavy atom. The highest BCUT2D eigenvalue weighted by atomic mass is 14.7. The van der Waals surface area contributed by atoms with Crippen molar-refractivity contribution in [3.8, 4) is 0 Å². The number of nitrogens with one attached hydrogen (secondary N) is 2. The molecule has 2 N–H and O–H groups in total. The van der Waals surface area contributed by atoms with Crippen LogP contribution in [0.25, 0.3) is 54.4 Å². The summed E-state index contributed by atoms with van der Waals surface area (Å²) in [7, 11) is 0. The fraction of sp³-hybridized carbons (Fsp3) is 0.0833. The molecule has 0 unspecified atom stereocenters. The second-order valence-corrected chi connectivity index (χ2v) is 7.49. The SMILES string of the molecule is Cc1ccc2cc3c(cc2c1)[nH]c1cc2c(cc13)[nH]c1cc(C)ccc12. The van der Waals surface area contributed by atoms with Gasteiger partial charge in [-0.3, -0.25) is 0 Å². The van der Waals surface area contributed by atoms with Gasteiger partial charge in [0.05, 0.1) is 0 Å².